The van der Waals surface area contributed by atoms with Gasteiger partial charge < -0.3 is 26.0 Å². The van der Waals surface area contributed by atoms with E-state index < -0.39 is 39.5 Å². The number of carbonyl (C=O) groups excluding carboxylic acids is 2. The van der Waals surface area contributed by atoms with Crippen molar-refractivity contribution in [2.24, 2.45) is 5.73 Å². The van der Waals surface area contributed by atoms with Crippen LogP contribution in [0.2, 0.25) is 0 Å². The molecule has 1 saturated heterocycles. The van der Waals surface area contributed by atoms with Crippen LogP contribution in [0.3, 0.4) is 0 Å². The number of nitrogens with one attached hydrogen (secondary N) is 1. The summed E-state index contributed by atoms with van der Waals surface area (Å²) in [5.41, 5.74) is 5.70. The maximum atomic E-state index is 12.2. The van der Waals surface area contributed by atoms with E-state index in [4.69, 9.17) is 15.9 Å². The average molecular weight is 421 g/mol. The fourth-order valence-electron chi connectivity index (χ4n) is 3.13. The fourth-order valence-corrected chi connectivity index (χ4v) is 4.57. The lowest BCUT2D eigenvalue weighted by molar-refractivity contribution is -0.128. The van der Waals surface area contributed by atoms with Crippen molar-refractivity contribution in [1.82, 2.24) is 10.2 Å². The SMILES string of the molecule is NC(=O)C1C(O)NCCN1C(=O)c1ccccc1.O=S1(=O)C2=C(O)C(O)=C1C=C2. The summed E-state index contributed by atoms with van der Waals surface area (Å²) in [5.74, 6) is -2.11. The van der Waals surface area contributed by atoms with Crippen molar-refractivity contribution < 1.29 is 33.3 Å². The molecule has 6 N–H and O–H groups in total. The lowest BCUT2D eigenvalue weighted by Gasteiger charge is -2.37. The quantitative estimate of drug-likeness (QED) is 0.422. The molecule has 1 aromatic carbocycles. The van der Waals surface area contributed by atoms with Gasteiger partial charge in [0, 0.05) is 18.7 Å². The van der Waals surface area contributed by atoms with Gasteiger partial charge in [-0.15, -0.1) is 0 Å². The summed E-state index contributed by atoms with van der Waals surface area (Å²) in [6.07, 6.45) is 1.41. The van der Waals surface area contributed by atoms with E-state index in [-0.39, 0.29) is 15.7 Å². The number of fused-ring (bicyclic) bond motifs is 2. The first-order valence-corrected chi connectivity index (χ1v) is 10.0. The molecule has 154 valence electrons. The molecule has 2 atom stereocenters. The fraction of sp³-hybridized carbons (Fsp3) is 0.222. The number of piperazine rings is 1. The van der Waals surface area contributed by atoms with Crippen molar-refractivity contribution >= 4 is 21.7 Å². The molecule has 11 heteroatoms. The molecule has 4 rings (SSSR count). The van der Waals surface area contributed by atoms with Crippen molar-refractivity contribution in [1.29, 1.82) is 0 Å². The predicted octanol–water partition coefficient (Wildman–Crippen LogP) is -0.572. The summed E-state index contributed by atoms with van der Waals surface area (Å²) < 4.78 is 22.2. The van der Waals surface area contributed by atoms with Crippen LogP contribution in [-0.2, 0) is 14.6 Å². The maximum absolute atomic E-state index is 12.2. The van der Waals surface area contributed by atoms with E-state index in [1.165, 1.54) is 17.1 Å². The molecule has 3 heterocycles. The van der Waals surface area contributed by atoms with E-state index in [2.05, 4.69) is 5.32 Å². The second-order valence-corrected chi connectivity index (χ2v) is 8.26. The van der Waals surface area contributed by atoms with Crippen LogP contribution < -0.4 is 11.1 Å². The minimum absolute atomic E-state index is 0.204. The van der Waals surface area contributed by atoms with E-state index in [0.717, 1.165) is 0 Å². The van der Waals surface area contributed by atoms with Crippen LogP contribution in [0.4, 0.5) is 0 Å². The van der Waals surface area contributed by atoms with Crippen molar-refractivity contribution in [3.05, 3.63) is 69.4 Å². The van der Waals surface area contributed by atoms with Crippen LogP contribution in [0.15, 0.2) is 63.8 Å². The molecule has 2 unspecified atom stereocenters. The molecular weight excluding hydrogens is 402 g/mol. The standard InChI is InChI=1S/C12H15N3O3.C6H4O4S/c13-10(16)9-11(17)14-6-7-15(9)12(18)8-4-2-1-3-5-8;7-5-3-1-2-4(6(5)8)11(3,9)10/h1-5,9,11,14,17H,6-7H2,(H2,13,16);1-2,7-8H. The number of primary amides is 1. The largest absolute Gasteiger partial charge is 0.503 e. The molecule has 2 amide bonds. The number of hydrogen-bond acceptors (Lipinski definition) is 8. The van der Waals surface area contributed by atoms with Crippen molar-refractivity contribution in [3.63, 3.8) is 0 Å². The van der Waals surface area contributed by atoms with Gasteiger partial charge in [0.15, 0.2) is 11.5 Å². The third-order valence-corrected chi connectivity index (χ3v) is 6.39. The molecule has 0 saturated carbocycles. The van der Waals surface area contributed by atoms with Crippen LogP contribution in [-0.4, -0.2) is 65.8 Å². The zero-order valence-electron chi connectivity index (χ0n) is 15.0. The lowest BCUT2D eigenvalue weighted by atomic mass is 10.1. The van der Waals surface area contributed by atoms with E-state index in [0.29, 0.717) is 18.7 Å². The highest BCUT2D eigenvalue weighted by Crippen LogP contribution is 2.39. The minimum atomic E-state index is -3.54. The van der Waals surface area contributed by atoms with Gasteiger partial charge in [-0.25, -0.2) is 8.42 Å². The number of benzene rings is 1. The molecule has 1 fully saturated rings. The first-order valence-electron chi connectivity index (χ1n) is 8.53. The molecule has 0 radical (unpaired) electrons. The molecule has 3 aliphatic rings. The van der Waals surface area contributed by atoms with Crippen LogP contribution >= 0.6 is 0 Å². The second-order valence-electron chi connectivity index (χ2n) is 6.37. The second kappa shape index (κ2) is 7.70. The Morgan fingerprint density at radius 3 is 2.07 bits per heavy atom. The Morgan fingerprint density at radius 2 is 1.62 bits per heavy atom. The molecule has 2 bridgehead atoms. The zero-order chi connectivity index (χ0) is 21.3. The van der Waals surface area contributed by atoms with Gasteiger partial charge in [0.2, 0.25) is 15.7 Å². The molecule has 1 aromatic rings. The number of nitrogens with zero attached hydrogens (tertiary/aromatic N) is 1. The molecule has 0 spiro atoms. The highest BCUT2D eigenvalue weighted by Gasteiger charge is 2.40. The van der Waals surface area contributed by atoms with Gasteiger partial charge in [0.1, 0.15) is 22.1 Å². The average Bonchev–Trinajstić information content (AvgIpc) is 3.08. The van der Waals surface area contributed by atoms with Crippen LogP contribution in [0.25, 0.3) is 0 Å². The van der Waals surface area contributed by atoms with Gasteiger partial charge in [0.05, 0.1) is 0 Å². The Morgan fingerprint density at radius 1 is 1.07 bits per heavy atom. The number of aliphatic hydroxyl groups excluding tert-OH is 3. The Bertz CT molecular complexity index is 1010. The third kappa shape index (κ3) is 3.62. The van der Waals surface area contributed by atoms with E-state index >= 15 is 0 Å². The maximum Gasteiger partial charge on any atom is 0.254 e. The first kappa shape index (κ1) is 20.6. The normalized spacial score (nSPS) is 24.4. The van der Waals surface area contributed by atoms with Gasteiger partial charge in [-0.2, -0.15) is 0 Å². The summed E-state index contributed by atoms with van der Waals surface area (Å²) in [7, 11) is -3.54. The summed E-state index contributed by atoms with van der Waals surface area (Å²) in [6, 6.07) is 7.57. The van der Waals surface area contributed by atoms with Crippen molar-refractivity contribution in [2.45, 2.75) is 12.3 Å². The molecular formula is C18H19N3O7S. The Labute approximate surface area is 166 Å². The number of hydrogen-bond donors (Lipinski definition) is 5. The summed E-state index contributed by atoms with van der Waals surface area (Å²) >= 11 is 0. The summed E-state index contributed by atoms with van der Waals surface area (Å²) in [4.78, 5) is 24.5. The van der Waals surface area contributed by atoms with Crippen molar-refractivity contribution in [3.8, 4) is 0 Å². The zero-order valence-corrected chi connectivity index (χ0v) is 15.8. The van der Waals surface area contributed by atoms with Crippen LogP contribution in [0.1, 0.15) is 10.4 Å². The van der Waals surface area contributed by atoms with Crippen molar-refractivity contribution in [2.75, 3.05) is 13.1 Å². The molecule has 3 aliphatic heterocycles. The Hall–Kier alpha value is -3.15. The first-order chi connectivity index (χ1) is 13.7. The minimum Gasteiger partial charge on any atom is -0.503 e. The van der Waals surface area contributed by atoms with Gasteiger partial charge in [-0.3, -0.25) is 14.9 Å². The van der Waals surface area contributed by atoms with E-state index in [1.54, 1.807) is 30.3 Å². The molecule has 0 aromatic heterocycles. The van der Waals surface area contributed by atoms with Crippen LogP contribution in [0, 0.1) is 0 Å². The predicted molar refractivity (Wildman–Crippen MR) is 102 cm³/mol. The number of sulfone groups is 1. The molecule has 0 aliphatic carbocycles. The third-order valence-electron chi connectivity index (χ3n) is 4.57. The van der Waals surface area contributed by atoms with Gasteiger partial charge in [-0.05, 0) is 24.3 Å². The smallest absolute Gasteiger partial charge is 0.254 e. The number of amides is 2. The van der Waals surface area contributed by atoms with Gasteiger partial charge >= 0.3 is 0 Å². The lowest BCUT2D eigenvalue weighted by Crippen LogP contribution is -2.64. The number of allylic oxidation sites excluding steroid dienone is 2. The van der Waals surface area contributed by atoms with E-state index in [1.807, 2.05) is 0 Å². The highest BCUT2D eigenvalue weighted by atomic mass is 32.2. The topological polar surface area (TPSA) is 170 Å². The van der Waals surface area contributed by atoms with E-state index in [9.17, 15) is 23.1 Å². The number of rotatable bonds is 2. The number of nitrogens with two attached hydrogens (primary N) is 1. The number of carbonyl (C=O) groups is 2. The summed E-state index contributed by atoms with van der Waals surface area (Å²) in [5, 5.41) is 30.3. The Kier molecular flexibility index (Phi) is 5.46. The highest BCUT2D eigenvalue weighted by molar-refractivity contribution is 8.00. The number of aliphatic hydroxyl groups is 3. The van der Waals surface area contributed by atoms with Gasteiger partial charge in [-0.1, -0.05) is 18.2 Å². The Balaban J connectivity index is 0.000000186. The van der Waals surface area contributed by atoms with Crippen LogP contribution in [0.5, 0.6) is 0 Å². The summed E-state index contributed by atoms with van der Waals surface area (Å²) in [6.45, 7) is 0.752. The molecule has 10 nitrogen and oxygen atoms in total. The van der Waals surface area contributed by atoms with Gasteiger partial charge in [0.25, 0.3) is 5.91 Å². The molecule has 29 heavy (non-hydrogen) atoms. The monoisotopic (exact) mass is 421 g/mol.